The lowest BCUT2D eigenvalue weighted by Gasteiger charge is -2.31. The van der Waals surface area contributed by atoms with Crippen LogP contribution in [0.4, 0.5) is 15.9 Å². The lowest BCUT2D eigenvalue weighted by molar-refractivity contribution is 0.0694. The predicted octanol–water partition coefficient (Wildman–Crippen LogP) is 2.58. The fourth-order valence-corrected chi connectivity index (χ4v) is 4.48. The van der Waals surface area contributed by atoms with Gasteiger partial charge < -0.3 is 24.6 Å². The van der Waals surface area contributed by atoms with Gasteiger partial charge in [0.05, 0.1) is 16.9 Å². The van der Waals surface area contributed by atoms with Gasteiger partial charge in [-0.15, -0.1) is 0 Å². The fourth-order valence-electron chi connectivity index (χ4n) is 4.48. The van der Waals surface area contributed by atoms with Gasteiger partial charge >= 0.3 is 5.97 Å². The number of rotatable bonds is 4. The molecule has 2 aromatic heterocycles. The molecule has 1 fully saturated rings. The average molecular weight is 439 g/mol. The molecule has 1 aromatic carbocycles. The van der Waals surface area contributed by atoms with Gasteiger partial charge in [0.15, 0.2) is 11.6 Å². The van der Waals surface area contributed by atoms with E-state index in [0.717, 1.165) is 18.2 Å². The topological polar surface area (TPSA) is 110 Å². The molecule has 10 heteroatoms. The molecule has 5 rings (SSSR count). The number of benzene rings is 1. The second-order valence-corrected chi connectivity index (χ2v) is 8.30. The minimum Gasteiger partial charge on any atom is -0.487 e. The third-order valence-corrected chi connectivity index (χ3v) is 6.03. The normalized spacial score (nSPS) is 19.8. The Bertz CT molecular complexity index is 1310. The number of nitrogens with one attached hydrogen (secondary N) is 1. The van der Waals surface area contributed by atoms with Gasteiger partial charge in [0.1, 0.15) is 30.0 Å². The maximum atomic E-state index is 15.3. The zero-order chi connectivity index (χ0) is 22.6. The highest BCUT2D eigenvalue weighted by atomic mass is 19.1. The van der Waals surface area contributed by atoms with E-state index in [1.807, 2.05) is 24.8 Å². The summed E-state index contributed by atoms with van der Waals surface area (Å²) < 4.78 is 23.0. The van der Waals surface area contributed by atoms with Crippen molar-refractivity contribution >= 4 is 28.4 Å². The summed E-state index contributed by atoms with van der Waals surface area (Å²) in [6.45, 7) is 5.11. The van der Waals surface area contributed by atoms with Crippen LogP contribution in [0.2, 0.25) is 0 Å². The summed E-state index contributed by atoms with van der Waals surface area (Å²) in [5.41, 5.74) is 0.480. The van der Waals surface area contributed by atoms with Gasteiger partial charge in [-0.25, -0.2) is 19.2 Å². The average Bonchev–Trinajstić information content (AvgIpc) is 3.19. The molecule has 2 aliphatic rings. The van der Waals surface area contributed by atoms with Gasteiger partial charge in [-0.3, -0.25) is 4.79 Å². The number of carboxylic acid groups (broad SMARTS) is 1. The van der Waals surface area contributed by atoms with Crippen molar-refractivity contribution in [3.8, 4) is 5.75 Å². The van der Waals surface area contributed by atoms with E-state index in [-0.39, 0.29) is 35.4 Å². The summed E-state index contributed by atoms with van der Waals surface area (Å²) in [6.07, 6.45) is 3.59. The zero-order valence-electron chi connectivity index (χ0n) is 17.6. The molecule has 4 heterocycles. The Hall–Kier alpha value is -3.69. The maximum Gasteiger partial charge on any atom is 0.341 e. The predicted molar refractivity (Wildman–Crippen MR) is 116 cm³/mol. The van der Waals surface area contributed by atoms with Crippen LogP contribution in [0.5, 0.6) is 5.75 Å². The van der Waals surface area contributed by atoms with Crippen LogP contribution in [-0.4, -0.2) is 51.3 Å². The number of halogens is 1. The van der Waals surface area contributed by atoms with E-state index in [2.05, 4.69) is 15.3 Å². The van der Waals surface area contributed by atoms with Gasteiger partial charge in [-0.2, -0.15) is 0 Å². The first-order chi connectivity index (χ1) is 15.3. The molecule has 1 saturated heterocycles. The quantitative estimate of drug-likeness (QED) is 0.639. The number of hydrogen-bond acceptors (Lipinski definition) is 7. The van der Waals surface area contributed by atoms with Gasteiger partial charge in [0, 0.05) is 37.1 Å². The maximum absolute atomic E-state index is 15.3. The van der Waals surface area contributed by atoms with Crippen molar-refractivity contribution in [1.82, 2.24) is 14.5 Å². The standard InChI is InChI=1S/C22H22FN5O4/c1-11-5-17(25-10-24-11)26-13-3-4-27(7-13)19-16(23)6-14-18-21(19)32-9-12(2)28(18)8-15(20(14)29)22(30)31/h5-6,8,10,12-13H,3-4,7,9H2,1-2H3,(H,30,31)(H,24,25,26)/t12-,13-/m0/s1. The van der Waals surface area contributed by atoms with Crippen LogP contribution in [0, 0.1) is 12.7 Å². The molecule has 0 bridgehead atoms. The van der Waals surface area contributed by atoms with Crippen molar-refractivity contribution in [1.29, 1.82) is 0 Å². The number of pyridine rings is 1. The Morgan fingerprint density at radius 3 is 2.91 bits per heavy atom. The lowest BCUT2D eigenvalue weighted by Crippen LogP contribution is -2.30. The molecule has 2 aliphatic heterocycles. The molecule has 0 amide bonds. The van der Waals surface area contributed by atoms with Crippen LogP contribution in [-0.2, 0) is 0 Å². The largest absolute Gasteiger partial charge is 0.487 e. The van der Waals surface area contributed by atoms with E-state index in [0.29, 0.717) is 30.1 Å². The first-order valence-corrected chi connectivity index (χ1v) is 10.4. The van der Waals surface area contributed by atoms with Crippen molar-refractivity contribution in [2.45, 2.75) is 32.4 Å². The van der Waals surface area contributed by atoms with Crippen LogP contribution in [0.3, 0.4) is 0 Å². The molecule has 2 N–H and O–H groups in total. The number of carbonyl (C=O) groups is 1. The molecular formula is C22H22FN5O4. The molecule has 0 saturated carbocycles. The zero-order valence-corrected chi connectivity index (χ0v) is 17.6. The lowest BCUT2D eigenvalue weighted by atomic mass is 10.1. The number of carboxylic acids is 1. The van der Waals surface area contributed by atoms with Crippen LogP contribution >= 0.6 is 0 Å². The minimum absolute atomic E-state index is 0.0121. The summed E-state index contributed by atoms with van der Waals surface area (Å²) >= 11 is 0. The van der Waals surface area contributed by atoms with Gasteiger partial charge in [0.2, 0.25) is 5.43 Å². The Kier molecular flexibility index (Phi) is 4.72. The number of anilines is 2. The molecule has 166 valence electrons. The summed E-state index contributed by atoms with van der Waals surface area (Å²) in [4.78, 5) is 34.5. The fraction of sp³-hybridized carbons (Fsp3) is 0.364. The summed E-state index contributed by atoms with van der Waals surface area (Å²) in [5, 5.41) is 12.8. The van der Waals surface area contributed by atoms with Crippen molar-refractivity contribution in [3.63, 3.8) is 0 Å². The number of nitrogens with zero attached hydrogens (tertiary/aromatic N) is 4. The van der Waals surface area contributed by atoms with Crippen LogP contribution in [0.1, 0.15) is 35.4 Å². The van der Waals surface area contributed by atoms with Crippen molar-refractivity contribution in [3.05, 3.63) is 52.0 Å². The summed E-state index contributed by atoms with van der Waals surface area (Å²) in [6, 6.07) is 2.84. The Morgan fingerprint density at radius 1 is 1.34 bits per heavy atom. The summed E-state index contributed by atoms with van der Waals surface area (Å²) in [7, 11) is 0. The third kappa shape index (κ3) is 3.22. The molecule has 0 radical (unpaired) electrons. The smallest absolute Gasteiger partial charge is 0.341 e. The van der Waals surface area contributed by atoms with Gasteiger partial charge in [0.25, 0.3) is 0 Å². The second-order valence-electron chi connectivity index (χ2n) is 8.30. The first-order valence-electron chi connectivity index (χ1n) is 10.4. The molecule has 0 unspecified atom stereocenters. The molecule has 9 nitrogen and oxygen atoms in total. The number of hydrogen-bond donors (Lipinski definition) is 2. The van der Waals surface area contributed by atoms with E-state index in [1.165, 1.54) is 12.5 Å². The molecular weight excluding hydrogens is 417 g/mol. The van der Waals surface area contributed by atoms with Crippen LogP contribution < -0.4 is 20.4 Å². The Labute approximate surface area is 182 Å². The number of aryl methyl sites for hydroxylation is 1. The second kappa shape index (κ2) is 7.47. The van der Waals surface area contributed by atoms with Crippen molar-refractivity contribution in [2.24, 2.45) is 0 Å². The van der Waals surface area contributed by atoms with Gasteiger partial charge in [-0.1, -0.05) is 0 Å². The van der Waals surface area contributed by atoms with Crippen LogP contribution in [0.15, 0.2) is 29.5 Å². The monoisotopic (exact) mass is 439 g/mol. The highest BCUT2D eigenvalue weighted by Crippen LogP contribution is 2.42. The minimum atomic E-state index is -1.33. The molecule has 2 atom stereocenters. The van der Waals surface area contributed by atoms with Crippen LogP contribution in [0.25, 0.3) is 10.9 Å². The molecule has 0 aliphatic carbocycles. The molecule has 32 heavy (non-hydrogen) atoms. The van der Waals surface area contributed by atoms with E-state index in [4.69, 9.17) is 4.74 Å². The van der Waals surface area contributed by atoms with E-state index in [1.54, 1.807) is 4.57 Å². The number of aromatic carboxylic acids is 1. The first kappa shape index (κ1) is 20.2. The number of aromatic nitrogens is 3. The SMILES string of the molecule is Cc1cc(N[C@H]2CCN(c3c(F)cc4c(=O)c(C(=O)O)cn5c4c3OC[C@@H]5C)C2)ncn1. The third-order valence-electron chi connectivity index (χ3n) is 6.03. The number of ether oxygens (including phenoxy) is 1. The highest BCUT2D eigenvalue weighted by Gasteiger charge is 2.33. The highest BCUT2D eigenvalue weighted by molar-refractivity contribution is 5.97. The Balaban J connectivity index is 1.56. The van der Waals surface area contributed by atoms with Crippen molar-refractivity contribution in [2.75, 3.05) is 29.9 Å². The van der Waals surface area contributed by atoms with Gasteiger partial charge in [-0.05, 0) is 26.3 Å². The summed E-state index contributed by atoms with van der Waals surface area (Å²) in [5.74, 6) is -0.943. The molecule has 3 aromatic rings. The molecule has 0 spiro atoms. The van der Waals surface area contributed by atoms with Crippen molar-refractivity contribution < 1.29 is 19.0 Å². The van der Waals surface area contributed by atoms with E-state index < -0.39 is 17.2 Å². The van der Waals surface area contributed by atoms with E-state index >= 15 is 4.39 Å². The van der Waals surface area contributed by atoms with E-state index in [9.17, 15) is 14.7 Å². The Morgan fingerprint density at radius 2 is 2.16 bits per heavy atom.